The van der Waals surface area contributed by atoms with Crippen LogP contribution in [0.3, 0.4) is 0 Å². The van der Waals surface area contributed by atoms with Crippen molar-refractivity contribution >= 4 is 39.1 Å². The monoisotopic (exact) mass is 569 g/mol. The number of rotatable bonds is 10. The zero-order chi connectivity index (χ0) is 28.8. The highest BCUT2D eigenvalue weighted by atomic mass is 35.5. The minimum Gasteiger partial charge on any atom is -0.350 e. The molecule has 3 aromatic carbocycles. The lowest BCUT2D eigenvalue weighted by atomic mass is 10.1. The van der Waals surface area contributed by atoms with Crippen LogP contribution in [0.1, 0.15) is 45.2 Å². The van der Waals surface area contributed by atoms with E-state index in [1.54, 1.807) is 36.4 Å². The molecule has 0 aromatic heterocycles. The molecule has 0 radical (unpaired) electrons. The van der Waals surface area contributed by atoms with Gasteiger partial charge < -0.3 is 10.2 Å². The summed E-state index contributed by atoms with van der Waals surface area (Å²) in [5.74, 6) is -0.809. The third kappa shape index (κ3) is 8.07. The lowest BCUT2D eigenvalue weighted by Crippen LogP contribution is -2.55. The first kappa shape index (κ1) is 30.2. The molecule has 0 heterocycles. The smallest absolute Gasteiger partial charge is 0.264 e. The van der Waals surface area contributed by atoms with Crippen LogP contribution in [0.5, 0.6) is 0 Å². The highest BCUT2D eigenvalue weighted by Gasteiger charge is 2.34. The minimum atomic E-state index is -4.13. The van der Waals surface area contributed by atoms with Crippen LogP contribution in [0.25, 0.3) is 0 Å². The molecule has 0 aliphatic carbocycles. The van der Waals surface area contributed by atoms with E-state index in [0.717, 1.165) is 15.4 Å². The fraction of sp³-hybridized carbons (Fsp3) is 0.333. The molecule has 3 rings (SSSR count). The molecule has 3 aromatic rings. The van der Waals surface area contributed by atoms with E-state index in [0.29, 0.717) is 11.4 Å². The summed E-state index contributed by atoms with van der Waals surface area (Å²) in [6.45, 7) is 9.05. The first-order valence-electron chi connectivity index (χ1n) is 12.8. The van der Waals surface area contributed by atoms with Crippen molar-refractivity contribution < 1.29 is 18.0 Å². The maximum atomic E-state index is 14.0. The SMILES string of the molecule is CCC(C(=O)NC(C)(C)C)N(Cc1ccc(C)cc1)C(=O)CN(c1cccc(Cl)c1)S(=O)(=O)c1ccccc1. The second-order valence-corrected chi connectivity index (χ2v) is 12.8. The Balaban J connectivity index is 2.06. The number of aryl methyl sites for hydroxylation is 1. The van der Waals surface area contributed by atoms with Gasteiger partial charge in [-0.1, -0.05) is 72.6 Å². The molecular formula is C30H36ClN3O4S. The van der Waals surface area contributed by atoms with Crippen molar-refractivity contribution in [2.24, 2.45) is 0 Å². The normalized spacial score (nSPS) is 12.5. The number of benzene rings is 3. The summed E-state index contributed by atoms with van der Waals surface area (Å²) in [5.41, 5.74) is 1.64. The number of sulfonamides is 1. The minimum absolute atomic E-state index is 0.0420. The first-order chi connectivity index (χ1) is 18.3. The number of nitrogens with zero attached hydrogens (tertiary/aromatic N) is 2. The molecule has 0 aliphatic heterocycles. The lowest BCUT2D eigenvalue weighted by Gasteiger charge is -2.34. The van der Waals surface area contributed by atoms with Gasteiger partial charge in [0.05, 0.1) is 10.6 Å². The van der Waals surface area contributed by atoms with Crippen LogP contribution in [0.4, 0.5) is 5.69 Å². The summed E-state index contributed by atoms with van der Waals surface area (Å²) >= 11 is 6.21. The van der Waals surface area contributed by atoms with Gasteiger partial charge in [0.1, 0.15) is 12.6 Å². The first-order valence-corrected chi connectivity index (χ1v) is 14.6. The van der Waals surface area contributed by atoms with Crippen LogP contribution in [0.2, 0.25) is 5.02 Å². The van der Waals surface area contributed by atoms with Gasteiger partial charge in [0.2, 0.25) is 11.8 Å². The summed E-state index contributed by atoms with van der Waals surface area (Å²) < 4.78 is 28.6. The molecule has 7 nitrogen and oxygen atoms in total. The average molecular weight is 570 g/mol. The quantitative estimate of drug-likeness (QED) is 0.346. The van der Waals surface area contributed by atoms with E-state index in [4.69, 9.17) is 11.6 Å². The third-order valence-corrected chi connectivity index (χ3v) is 8.09. The van der Waals surface area contributed by atoms with Gasteiger partial charge in [-0.2, -0.15) is 0 Å². The molecule has 0 saturated carbocycles. The standard InChI is InChI=1S/C30H36ClN3O4S/c1-6-27(29(36)32-30(3,4)5)33(20-23-17-15-22(2)16-18-23)28(35)21-34(25-12-10-11-24(31)19-25)39(37,38)26-13-8-7-9-14-26/h7-19,27H,6,20-21H2,1-5H3,(H,32,36). The summed E-state index contributed by atoms with van der Waals surface area (Å²) in [7, 11) is -4.13. The molecule has 0 aliphatic rings. The Morgan fingerprint density at radius 3 is 2.15 bits per heavy atom. The number of hydrogen-bond donors (Lipinski definition) is 1. The highest BCUT2D eigenvalue weighted by molar-refractivity contribution is 7.92. The maximum Gasteiger partial charge on any atom is 0.264 e. The van der Waals surface area contributed by atoms with Gasteiger partial charge >= 0.3 is 0 Å². The Hall–Kier alpha value is -3.36. The molecule has 0 fully saturated rings. The molecule has 0 spiro atoms. The number of amides is 2. The van der Waals surface area contributed by atoms with Gasteiger partial charge in [0, 0.05) is 17.1 Å². The number of halogens is 1. The largest absolute Gasteiger partial charge is 0.350 e. The predicted molar refractivity (Wildman–Crippen MR) is 156 cm³/mol. The van der Waals surface area contributed by atoms with Crippen LogP contribution in [-0.4, -0.2) is 43.3 Å². The zero-order valence-electron chi connectivity index (χ0n) is 23.0. The van der Waals surface area contributed by atoms with E-state index in [1.165, 1.54) is 23.1 Å². The summed E-state index contributed by atoms with van der Waals surface area (Å²) in [6, 6.07) is 21.2. The van der Waals surface area contributed by atoms with Crippen molar-refractivity contribution in [3.05, 3.63) is 95.0 Å². The van der Waals surface area contributed by atoms with Crippen LogP contribution >= 0.6 is 11.6 Å². The van der Waals surface area contributed by atoms with Crippen molar-refractivity contribution in [1.29, 1.82) is 0 Å². The molecule has 0 saturated heterocycles. The van der Waals surface area contributed by atoms with Gasteiger partial charge in [0.25, 0.3) is 10.0 Å². The van der Waals surface area contributed by atoms with Crippen molar-refractivity contribution in [3.8, 4) is 0 Å². The topological polar surface area (TPSA) is 86.8 Å². The van der Waals surface area contributed by atoms with E-state index < -0.39 is 34.1 Å². The molecule has 1 unspecified atom stereocenters. The number of carbonyl (C=O) groups is 2. The molecule has 9 heteroatoms. The summed E-state index contributed by atoms with van der Waals surface area (Å²) in [6.07, 6.45) is 0.349. The van der Waals surface area contributed by atoms with Crippen molar-refractivity contribution in [1.82, 2.24) is 10.2 Å². The third-order valence-electron chi connectivity index (χ3n) is 6.06. The number of nitrogens with one attached hydrogen (secondary N) is 1. The van der Waals surface area contributed by atoms with Crippen LogP contribution < -0.4 is 9.62 Å². The Labute approximate surface area is 236 Å². The molecule has 0 bridgehead atoms. The fourth-order valence-corrected chi connectivity index (χ4v) is 5.75. The highest BCUT2D eigenvalue weighted by Crippen LogP contribution is 2.27. The fourth-order valence-electron chi connectivity index (χ4n) is 4.14. The Kier molecular flexibility index (Phi) is 9.80. The van der Waals surface area contributed by atoms with Crippen LogP contribution in [0.15, 0.2) is 83.8 Å². The van der Waals surface area contributed by atoms with Crippen LogP contribution in [-0.2, 0) is 26.2 Å². The molecule has 208 valence electrons. The number of anilines is 1. The number of hydrogen-bond acceptors (Lipinski definition) is 4. The van der Waals surface area contributed by atoms with Crippen LogP contribution in [0, 0.1) is 6.92 Å². The lowest BCUT2D eigenvalue weighted by molar-refractivity contribution is -0.141. The molecule has 2 amide bonds. The van der Waals surface area contributed by atoms with Gasteiger partial charge in [-0.05, 0) is 70.0 Å². The van der Waals surface area contributed by atoms with E-state index in [9.17, 15) is 18.0 Å². The van der Waals surface area contributed by atoms with Gasteiger partial charge in [-0.25, -0.2) is 8.42 Å². The van der Waals surface area contributed by atoms with Crippen molar-refractivity contribution in [3.63, 3.8) is 0 Å². The van der Waals surface area contributed by atoms with Gasteiger partial charge in [-0.15, -0.1) is 0 Å². The van der Waals surface area contributed by atoms with E-state index in [-0.39, 0.29) is 23.0 Å². The molecule has 1 N–H and O–H groups in total. The summed E-state index contributed by atoms with van der Waals surface area (Å²) in [5, 5.41) is 3.30. The molecule has 39 heavy (non-hydrogen) atoms. The van der Waals surface area contributed by atoms with Crippen molar-refractivity contribution in [2.75, 3.05) is 10.8 Å². The van der Waals surface area contributed by atoms with E-state index in [1.807, 2.05) is 58.9 Å². The average Bonchev–Trinajstić information content (AvgIpc) is 2.87. The van der Waals surface area contributed by atoms with Crippen molar-refractivity contribution in [2.45, 2.75) is 64.1 Å². The second-order valence-electron chi connectivity index (χ2n) is 10.5. The van der Waals surface area contributed by atoms with E-state index in [2.05, 4.69) is 5.32 Å². The summed E-state index contributed by atoms with van der Waals surface area (Å²) in [4.78, 5) is 28.9. The van der Waals surface area contributed by atoms with E-state index >= 15 is 0 Å². The Morgan fingerprint density at radius 1 is 0.949 bits per heavy atom. The van der Waals surface area contributed by atoms with Gasteiger partial charge in [0.15, 0.2) is 0 Å². The van der Waals surface area contributed by atoms with Gasteiger partial charge in [-0.3, -0.25) is 13.9 Å². The Morgan fingerprint density at radius 2 is 1.59 bits per heavy atom. The molecular weight excluding hydrogens is 534 g/mol. The number of carbonyl (C=O) groups excluding carboxylic acids is 2. The Bertz CT molecular complexity index is 1390. The second kappa shape index (κ2) is 12.7. The molecule has 1 atom stereocenters. The maximum absolute atomic E-state index is 14.0. The zero-order valence-corrected chi connectivity index (χ0v) is 24.6. The predicted octanol–water partition coefficient (Wildman–Crippen LogP) is 5.57.